The van der Waals surface area contributed by atoms with Gasteiger partial charge in [0.1, 0.15) is 0 Å². The van der Waals surface area contributed by atoms with E-state index in [4.69, 9.17) is 11.5 Å². The lowest BCUT2D eigenvalue weighted by molar-refractivity contribution is -0.129. The van der Waals surface area contributed by atoms with Crippen LogP contribution in [-0.4, -0.2) is 34.8 Å². The molecular formula is C17H32N4O2. The molecule has 132 valence electrons. The van der Waals surface area contributed by atoms with Gasteiger partial charge in [0.05, 0.1) is 12.0 Å². The quantitative estimate of drug-likeness (QED) is 0.773. The SMILES string of the molecule is C#C.CC.CC.CC1(C)CC(=O)N(C[C@H]2CC2C(N)=O)C(N)=N1. The van der Waals surface area contributed by atoms with Crippen molar-refractivity contribution in [2.45, 2.75) is 59.9 Å². The molecule has 0 bridgehead atoms. The molecule has 1 fully saturated rings. The van der Waals surface area contributed by atoms with Crippen molar-refractivity contribution in [3.05, 3.63) is 0 Å². The van der Waals surface area contributed by atoms with Gasteiger partial charge in [-0.15, -0.1) is 12.8 Å². The minimum atomic E-state index is -0.426. The monoisotopic (exact) mass is 324 g/mol. The Morgan fingerprint density at radius 3 is 2.13 bits per heavy atom. The number of hydrogen-bond acceptors (Lipinski definition) is 4. The zero-order valence-corrected chi connectivity index (χ0v) is 15.3. The number of nitrogens with zero attached hydrogens (tertiary/aromatic N) is 2. The van der Waals surface area contributed by atoms with Gasteiger partial charge in [-0.1, -0.05) is 27.7 Å². The lowest BCUT2D eigenvalue weighted by Gasteiger charge is -2.32. The Morgan fingerprint density at radius 2 is 1.78 bits per heavy atom. The maximum absolute atomic E-state index is 11.9. The second-order valence-electron chi connectivity index (χ2n) is 5.47. The van der Waals surface area contributed by atoms with Gasteiger partial charge in [0, 0.05) is 12.5 Å². The van der Waals surface area contributed by atoms with Crippen LogP contribution in [0.15, 0.2) is 4.99 Å². The van der Waals surface area contributed by atoms with Gasteiger partial charge in [0.15, 0.2) is 5.96 Å². The lowest BCUT2D eigenvalue weighted by atomic mass is 9.99. The maximum Gasteiger partial charge on any atom is 0.231 e. The number of hydrogen-bond donors (Lipinski definition) is 2. The van der Waals surface area contributed by atoms with E-state index in [0.29, 0.717) is 13.0 Å². The van der Waals surface area contributed by atoms with Crippen molar-refractivity contribution in [2.24, 2.45) is 28.3 Å². The van der Waals surface area contributed by atoms with Crippen LogP contribution in [0.1, 0.15) is 54.4 Å². The topological polar surface area (TPSA) is 102 Å². The number of primary amides is 1. The first-order valence-corrected chi connectivity index (χ1v) is 8.08. The standard InChI is InChI=1S/C11H18N4O2.2C2H6.C2H2/c1-11(2)4-8(16)15(10(13)14-11)5-6-3-7(6)9(12)17;3*1-2/h6-7H,3-5H2,1-2H3,(H2,12,17)(H2,13,14);2*1-2H3;1-2H/t6-,7?;;;/m1.../s1. The zero-order chi connectivity index (χ0) is 18.8. The first-order valence-electron chi connectivity index (χ1n) is 8.08. The second kappa shape index (κ2) is 10.7. The average Bonchev–Trinajstić information content (AvgIpc) is 3.28. The second-order valence-corrected chi connectivity index (χ2v) is 5.47. The Labute approximate surface area is 140 Å². The first-order chi connectivity index (χ1) is 10.8. The third-order valence-electron chi connectivity index (χ3n) is 3.28. The van der Waals surface area contributed by atoms with Gasteiger partial charge in [0.2, 0.25) is 11.8 Å². The van der Waals surface area contributed by atoms with Gasteiger partial charge in [-0.3, -0.25) is 14.5 Å². The fraction of sp³-hybridized carbons (Fsp3) is 0.706. The molecule has 2 atom stereocenters. The number of carbonyl (C=O) groups excluding carboxylic acids is 2. The first kappa shape index (κ1) is 23.2. The van der Waals surface area contributed by atoms with Crippen LogP contribution in [0, 0.1) is 24.7 Å². The van der Waals surface area contributed by atoms with Crippen molar-refractivity contribution >= 4 is 17.8 Å². The fourth-order valence-electron chi connectivity index (χ4n) is 2.23. The van der Waals surface area contributed by atoms with Crippen LogP contribution in [0.5, 0.6) is 0 Å². The molecule has 0 aromatic carbocycles. The summed E-state index contributed by atoms with van der Waals surface area (Å²) in [6.45, 7) is 12.2. The largest absolute Gasteiger partial charge is 0.369 e. The summed E-state index contributed by atoms with van der Waals surface area (Å²) in [5, 5.41) is 0. The van der Waals surface area contributed by atoms with E-state index >= 15 is 0 Å². The van der Waals surface area contributed by atoms with Crippen molar-refractivity contribution in [1.29, 1.82) is 0 Å². The predicted octanol–water partition coefficient (Wildman–Crippen LogP) is 1.74. The van der Waals surface area contributed by atoms with Gasteiger partial charge >= 0.3 is 0 Å². The van der Waals surface area contributed by atoms with E-state index in [2.05, 4.69) is 17.8 Å². The van der Waals surface area contributed by atoms with Crippen molar-refractivity contribution in [1.82, 2.24) is 4.90 Å². The van der Waals surface area contributed by atoms with E-state index in [0.717, 1.165) is 6.42 Å². The molecule has 2 rings (SSSR count). The summed E-state index contributed by atoms with van der Waals surface area (Å²) < 4.78 is 0. The highest BCUT2D eigenvalue weighted by Gasteiger charge is 2.45. The third kappa shape index (κ3) is 7.18. The number of amides is 2. The van der Waals surface area contributed by atoms with E-state index in [1.807, 2.05) is 41.5 Å². The van der Waals surface area contributed by atoms with Gasteiger partial charge in [-0.25, -0.2) is 4.99 Å². The molecule has 6 heteroatoms. The molecule has 4 N–H and O–H groups in total. The van der Waals surface area contributed by atoms with Crippen LogP contribution >= 0.6 is 0 Å². The fourth-order valence-corrected chi connectivity index (χ4v) is 2.23. The van der Waals surface area contributed by atoms with E-state index in [-0.39, 0.29) is 29.6 Å². The van der Waals surface area contributed by atoms with Crippen molar-refractivity contribution in [2.75, 3.05) is 6.54 Å². The van der Waals surface area contributed by atoms with E-state index in [9.17, 15) is 9.59 Å². The van der Waals surface area contributed by atoms with Crippen LogP contribution < -0.4 is 11.5 Å². The summed E-state index contributed by atoms with van der Waals surface area (Å²) in [5.41, 5.74) is 10.6. The number of nitrogens with two attached hydrogens (primary N) is 2. The minimum absolute atomic E-state index is 0.0300. The Balaban J connectivity index is 0. The Hall–Kier alpha value is -2.03. The maximum atomic E-state index is 11.9. The summed E-state index contributed by atoms with van der Waals surface area (Å²) in [4.78, 5) is 28.6. The molecule has 23 heavy (non-hydrogen) atoms. The molecule has 1 unspecified atom stereocenters. The van der Waals surface area contributed by atoms with Crippen molar-refractivity contribution in [3.8, 4) is 12.8 Å². The number of terminal acetylenes is 1. The molecule has 6 nitrogen and oxygen atoms in total. The molecule has 1 aliphatic carbocycles. The highest BCUT2D eigenvalue weighted by atomic mass is 16.2. The average molecular weight is 324 g/mol. The molecule has 0 radical (unpaired) electrons. The molecular weight excluding hydrogens is 292 g/mol. The lowest BCUT2D eigenvalue weighted by Crippen LogP contribution is -2.50. The van der Waals surface area contributed by atoms with E-state index in [1.165, 1.54) is 4.90 Å². The summed E-state index contributed by atoms with van der Waals surface area (Å²) in [6.07, 6.45) is 9.09. The van der Waals surface area contributed by atoms with Gasteiger partial charge in [-0.05, 0) is 26.2 Å². The number of aliphatic imine (C=N–C) groups is 1. The van der Waals surface area contributed by atoms with Crippen molar-refractivity contribution in [3.63, 3.8) is 0 Å². The van der Waals surface area contributed by atoms with Gasteiger partial charge in [-0.2, -0.15) is 0 Å². The minimum Gasteiger partial charge on any atom is -0.369 e. The van der Waals surface area contributed by atoms with Crippen LogP contribution in [-0.2, 0) is 9.59 Å². The molecule has 0 aromatic rings. The van der Waals surface area contributed by atoms with E-state index in [1.54, 1.807) is 0 Å². The Morgan fingerprint density at radius 1 is 1.30 bits per heavy atom. The summed E-state index contributed by atoms with van der Waals surface area (Å²) >= 11 is 0. The molecule has 0 aromatic heterocycles. The van der Waals surface area contributed by atoms with Crippen LogP contribution in [0.4, 0.5) is 0 Å². The van der Waals surface area contributed by atoms with Gasteiger partial charge < -0.3 is 11.5 Å². The summed E-state index contributed by atoms with van der Waals surface area (Å²) in [7, 11) is 0. The third-order valence-corrected chi connectivity index (χ3v) is 3.28. The van der Waals surface area contributed by atoms with Crippen LogP contribution in [0.3, 0.4) is 0 Å². The predicted molar refractivity (Wildman–Crippen MR) is 95.4 cm³/mol. The smallest absolute Gasteiger partial charge is 0.231 e. The van der Waals surface area contributed by atoms with Crippen LogP contribution in [0.25, 0.3) is 0 Å². The van der Waals surface area contributed by atoms with Crippen LogP contribution in [0.2, 0.25) is 0 Å². The molecule has 0 saturated heterocycles. The number of carbonyl (C=O) groups is 2. The number of rotatable bonds is 3. The molecule has 1 saturated carbocycles. The Bertz CT molecular complexity index is 441. The Kier molecular flexibility index (Phi) is 10.8. The van der Waals surface area contributed by atoms with Crippen molar-refractivity contribution < 1.29 is 9.59 Å². The van der Waals surface area contributed by atoms with Gasteiger partial charge in [0.25, 0.3) is 0 Å². The van der Waals surface area contributed by atoms with E-state index < -0.39 is 5.54 Å². The highest BCUT2D eigenvalue weighted by molar-refractivity contribution is 5.99. The molecule has 2 amide bonds. The normalized spacial score (nSPS) is 23.6. The number of guanidine groups is 1. The molecule has 2 aliphatic rings. The molecule has 0 spiro atoms. The summed E-state index contributed by atoms with van der Waals surface area (Å²) in [5.74, 6) is -0.0359. The summed E-state index contributed by atoms with van der Waals surface area (Å²) in [6, 6.07) is 0. The molecule has 1 aliphatic heterocycles. The highest BCUT2D eigenvalue weighted by Crippen LogP contribution is 2.39. The molecule has 1 heterocycles. The zero-order valence-electron chi connectivity index (χ0n) is 15.3.